The van der Waals surface area contributed by atoms with Crippen LogP contribution in [0.4, 0.5) is 4.79 Å². The molecule has 1 N–H and O–H groups in total. The molecule has 2 atom stereocenters. The van der Waals surface area contributed by atoms with E-state index in [0.717, 1.165) is 44.9 Å². The molecule has 1 heterocycles. The van der Waals surface area contributed by atoms with E-state index in [0.29, 0.717) is 17.9 Å². The quantitative estimate of drug-likeness (QED) is 0.565. The molecule has 170 valence electrons. The Bertz CT molecular complexity index is 776. The second-order valence-corrected chi connectivity index (χ2v) is 10.3. The average molecular weight is 427 g/mol. The van der Waals surface area contributed by atoms with Crippen molar-refractivity contribution in [1.29, 1.82) is 0 Å². The zero-order chi connectivity index (χ0) is 22.0. The number of hydrogen-bond acceptors (Lipinski definition) is 3. The van der Waals surface area contributed by atoms with E-state index < -0.39 is 5.60 Å². The molecule has 0 aromatic heterocycles. The van der Waals surface area contributed by atoms with Crippen molar-refractivity contribution >= 4 is 12.1 Å². The number of carbonyl (C=O) groups is 1. The molecule has 2 saturated carbocycles. The van der Waals surface area contributed by atoms with Crippen molar-refractivity contribution < 1.29 is 9.53 Å². The van der Waals surface area contributed by atoms with E-state index in [9.17, 15) is 4.79 Å². The Morgan fingerprint density at radius 2 is 1.84 bits per heavy atom. The number of ether oxygens (including phenoxy) is 1. The largest absolute Gasteiger partial charge is 0.444 e. The van der Waals surface area contributed by atoms with Crippen LogP contribution < -0.4 is 5.32 Å². The predicted molar refractivity (Wildman–Crippen MR) is 124 cm³/mol. The first-order valence-electron chi connectivity index (χ1n) is 11.9. The van der Waals surface area contributed by atoms with Crippen LogP contribution in [0.25, 0.3) is 0 Å². The van der Waals surface area contributed by atoms with Crippen molar-refractivity contribution in [1.82, 2.24) is 15.1 Å². The van der Waals surface area contributed by atoms with Gasteiger partial charge in [-0.3, -0.25) is 4.99 Å². The molecule has 1 saturated heterocycles. The maximum Gasteiger partial charge on any atom is 0.410 e. The lowest BCUT2D eigenvalue weighted by Gasteiger charge is -2.40. The Balaban J connectivity index is 1.30. The third kappa shape index (κ3) is 5.92. The Labute approximate surface area is 187 Å². The molecule has 6 heteroatoms. The van der Waals surface area contributed by atoms with E-state index in [1.54, 1.807) is 0 Å². The summed E-state index contributed by atoms with van der Waals surface area (Å²) in [5, 5.41) is 3.67. The summed E-state index contributed by atoms with van der Waals surface area (Å²) < 4.78 is 5.73. The molecule has 0 spiro atoms. The van der Waals surface area contributed by atoms with E-state index in [-0.39, 0.29) is 12.1 Å². The highest BCUT2D eigenvalue weighted by Gasteiger charge is 2.40. The third-order valence-electron chi connectivity index (χ3n) is 6.53. The monoisotopic (exact) mass is 426 g/mol. The zero-order valence-corrected chi connectivity index (χ0v) is 19.5. The van der Waals surface area contributed by atoms with Gasteiger partial charge in [0.2, 0.25) is 0 Å². The molecule has 3 fully saturated rings. The van der Waals surface area contributed by atoms with Crippen molar-refractivity contribution in [3.63, 3.8) is 0 Å². The van der Waals surface area contributed by atoms with Crippen LogP contribution in [-0.2, 0) is 4.74 Å². The van der Waals surface area contributed by atoms with Gasteiger partial charge < -0.3 is 19.9 Å². The molecular weight excluding hydrogens is 388 g/mol. The fourth-order valence-electron chi connectivity index (χ4n) is 4.55. The van der Waals surface area contributed by atoms with Crippen LogP contribution in [0.3, 0.4) is 0 Å². The van der Waals surface area contributed by atoms with E-state index in [1.165, 1.54) is 18.4 Å². The van der Waals surface area contributed by atoms with E-state index in [2.05, 4.69) is 45.5 Å². The fourth-order valence-corrected chi connectivity index (χ4v) is 4.55. The van der Waals surface area contributed by atoms with Gasteiger partial charge in [-0.1, -0.05) is 30.3 Å². The topological polar surface area (TPSA) is 57.2 Å². The number of hydrogen-bond donors (Lipinski definition) is 1. The Hall–Kier alpha value is -2.24. The highest BCUT2D eigenvalue weighted by molar-refractivity contribution is 5.81. The number of piperidine rings is 1. The maximum absolute atomic E-state index is 12.9. The molecule has 31 heavy (non-hydrogen) atoms. The second kappa shape index (κ2) is 9.09. The number of benzene rings is 1. The van der Waals surface area contributed by atoms with E-state index >= 15 is 0 Å². The van der Waals surface area contributed by atoms with Gasteiger partial charge in [0.1, 0.15) is 5.60 Å². The molecular formula is C25H38N4O2. The summed E-state index contributed by atoms with van der Waals surface area (Å²) >= 11 is 0. The number of likely N-dealkylation sites (tertiary alicyclic amines) is 1. The maximum atomic E-state index is 12.9. The summed E-state index contributed by atoms with van der Waals surface area (Å²) in [5.41, 5.74) is 0.952. The number of amides is 1. The summed E-state index contributed by atoms with van der Waals surface area (Å²) in [6.45, 7) is 8.50. The number of guanidine groups is 1. The van der Waals surface area contributed by atoms with E-state index in [1.807, 2.05) is 32.7 Å². The van der Waals surface area contributed by atoms with Gasteiger partial charge in [-0.2, -0.15) is 0 Å². The Morgan fingerprint density at radius 3 is 2.42 bits per heavy atom. The van der Waals surface area contributed by atoms with E-state index in [4.69, 9.17) is 4.74 Å². The number of aliphatic imine (C=N–C) groups is 1. The van der Waals surface area contributed by atoms with Gasteiger partial charge in [0, 0.05) is 44.7 Å². The fraction of sp³-hybridized carbons (Fsp3) is 0.680. The van der Waals surface area contributed by atoms with Crippen LogP contribution in [0.5, 0.6) is 0 Å². The van der Waals surface area contributed by atoms with Crippen LogP contribution in [0, 0.1) is 5.92 Å². The number of nitrogens with zero attached hydrogens (tertiary/aromatic N) is 3. The lowest BCUT2D eigenvalue weighted by Crippen LogP contribution is -2.53. The standard InChI is InChI=1S/C25H38N4O2/c1-25(2,3)31-24(30)29(17-18-10-11-18)20-12-14-28(15-13-20)23(26-4)27-22-16-21(22)19-8-6-5-7-9-19/h5-9,18,20-22H,10-17H2,1-4H3,(H,26,27). The number of carbonyl (C=O) groups excluding carboxylic acids is 1. The molecule has 1 amide bonds. The van der Waals surface area contributed by atoms with Gasteiger partial charge in [0.15, 0.2) is 5.96 Å². The first-order chi connectivity index (χ1) is 14.8. The summed E-state index contributed by atoms with van der Waals surface area (Å²) in [6.07, 6.45) is 5.40. The molecule has 1 aromatic rings. The van der Waals surface area contributed by atoms with Crippen LogP contribution in [-0.4, -0.2) is 66.2 Å². The van der Waals surface area contributed by atoms with Gasteiger partial charge in [-0.25, -0.2) is 4.79 Å². The zero-order valence-electron chi connectivity index (χ0n) is 19.5. The van der Waals surface area contributed by atoms with Gasteiger partial charge in [0.25, 0.3) is 0 Å². The summed E-state index contributed by atoms with van der Waals surface area (Å²) in [5.74, 6) is 2.23. The predicted octanol–water partition coefficient (Wildman–Crippen LogP) is 4.23. The molecule has 0 radical (unpaired) electrons. The molecule has 2 unspecified atom stereocenters. The average Bonchev–Trinajstić information content (AvgIpc) is 3.66. The second-order valence-electron chi connectivity index (χ2n) is 10.3. The Morgan fingerprint density at radius 1 is 1.16 bits per heavy atom. The molecule has 3 aliphatic rings. The molecule has 2 aliphatic carbocycles. The van der Waals surface area contributed by atoms with Gasteiger partial charge in [-0.05, 0) is 64.4 Å². The summed E-state index contributed by atoms with van der Waals surface area (Å²) in [6, 6.07) is 11.4. The third-order valence-corrected chi connectivity index (χ3v) is 6.53. The SMILES string of the molecule is CN=C(NC1CC1c1ccccc1)N1CCC(N(CC2CC2)C(=O)OC(C)(C)C)CC1. The van der Waals surface area contributed by atoms with Gasteiger partial charge >= 0.3 is 6.09 Å². The highest BCUT2D eigenvalue weighted by atomic mass is 16.6. The van der Waals surface area contributed by atoms with Gasteiger partial charge in [0.05, 0.1) is 0 Å². The smallest absolute Gasteiger partial charge is 0.410 e. The van der Waals surface area contributed by atoms with Crippen LogP contribution >= 0.6 is 0 Å². The molecule has 0 bridgehead atoms. The highest BCUT2D eigenvalue weighted by Crippen LogP contribution is 2.40. The summed E-state index contributed by atoms with van der Waals surface area (Å²) in [4.78, 5) is 21.8. The number of nitrogens with one attached hydrogen (secondary N) is 1. The Kier molecular flexibility index (Phi) is 6.44. The molecule has 6 nitrogen and oxygen atoms in total. The number of rotatable bonds is 5. The molecule has 1 aliphatic heterocycles. The minimum atomic E-state index is -0.453. The first kappa shape index (κ1) is 22.0. The van der Waals surface area contributed by atoms with Crippen molar-refractivity contribution in [2.45, 2.75) is 76.5 Å². The minimum Gasteiger partial charge on any atom is -0.444 e. The molecule has 1 aromatic carbocycles. The van der Waals surface area contributed by atoms with Crippen molar-refractivity contribution in [2.24, 2.45) is 10.9 Å². The van der Waals surface area contributed by atoms with Crippen molar-refractivity contribution in [3.05, 3.63) is 35.9 Å². The van der Waals surface area contributed by atoms with Crippen molar-refractivity contribution in [2.75, 3.05) is 26.7 Å². The first-order valence-corrected chi connectivity index (χ1v) is 11.9. The van der Waals surface area contributed by atoms with Crippen LogP contribution in [0.1, 0.15) is 64.4 Å². The minimum absolute atomic E-state index is 0.149. The van der Waals surface area contributed by atoms with Crippen LogP contribution in [0.2, 0.25) is 0 Å². The summed E-state index contributed by atoms with van der Waals surface area (Å²) in [7, 11) is 1.87. The van der Waals surface area contributed by atoms with Crippen LogP contribution in [0.15, 0.2) is 35.3 Å². The lowest BCUT2D eigenvalue weighted by atomic mass is 10.0. The lowest BCUT2D eigenvalue weighted by molar-refractivity contribution is 0.00928. The van der Waals surface area contributed by atoms with Crippen molar-refractivity contribution in [3.8, 4) is 0 Å². The normalized spacial score (nSPS) is 24.6. The van der Waals surface area contributed by atoms with Gasteiger partial charge in [-0.15, -0.1) is 0 Å². The molecule has 4 rings (SSSR count).